The largest absolute Gasteiger partial charge is 0.398 e. The van der Waals surface area contributed by atoms with Crippen LogP contribution in [0.2, 0.25) is 0 Å². The van der Waals surface area contributed by atoms with Crippen molar-refractivity contribution in [3.8, 4) is 0 Å². The van der Waals surface area contributed by atoms with Gasteiger partial charge in [0.2, 0.25) is 0 Å². The van der Waals surface area contributed by atoms with Gasteiger partial charge in [-0.3, -0.25) is 0 Å². The fourth-order valence-corrected chi connectivity index (χ4v) is 2.41. The molecule has 0 aliphatic carbocycles. The Hall–Kier alpha value is -0.540. The Morgan fingerprint density at radius 1 is 1.43 bits per heavy atom. The van der Waals surface area contributed by atoms with E-state index < -0.39 is 0 Å². The first kappa shape index (κ1) is 9.99. The average molecular weight is 255 g/mol. The summed E-state index contributed by atoms with van der Waals surface area (Å²) in [6.07, 6.45) is 2.49. The summed E-state index contributed by atoms with van der Waals surface area (Å²) in [5.41, 5.74) is 8.23. The van der Waals surface area contributed by atoms with Crippen LogP contribution in [0.4, 0.5) is 5.69 Å². The van der Waals surface area contributed by atoms with E-state index in [1.807, 2.05) is 6.07 Å². The lowest BCUT2D eigenvalue weighted by atomic mass is 9.91. The molecule has 3 N–H and O–H groups in total. The summed E-state index contributed by atoms with van der Waals surface area (Å²) in [6.45, 7) is 2.20. The number of piperidine rings is 1. The predicted octanol–water partition coefficient (Wildman–Crippen LogP) is 2.50. The van der Waals surface area contributed by atoms with Gasteiger partial charge in [0, 0.05) is 16.7 Å². The highest BCUT2D eigenvalue weighted by molar-refractivity contribution is 9.10. The summed E-state index contributed by atoms with van der Waals surface area (Å²) in [5.74, 6) is 0.584. The van der Waals surface area contributed by atoms with Crippen molar-refractivity contribution in [1.29, 1.82) is 0 Å². The molecular formula is C11H15BrN2. The maximum Gasteiger partial charge on any atom is 0.0494 e. The van der Waals surface area contributed by atoms with Gasteiger partial charge in [0.05, 0.1) is 0 Å². The first-order valence-electron chi connectivity index (χ1n) is 5.03. The minimum absolute atomic E-state index is 0.584. The summed E-state index contributed by atoms with van der Waals surface area (Å²) in [4.78, 5) is 0. The SMILES string of the molecule is Nc1c(Br)cccc1C1CCCNC1. The molecule has 0 saturated carbocycles. The highest BCUT2D eigenvalue weighted by atomic mass is 79.9. The van der Waals surface area contributed by atoms with Crippen molar-refractivity contribution in [3.63, 3.8) is 0 Å². The molecule has 1 heterocycles. The normalized spacial score (nSPS) is 22.2. The van der Waals surface area contributed by atoms with Crippen molar-refractivity contribution in [1.82, 2.24) is 5.32 Å². The quantitative estimate of drug-likeness (QED) is 0.756. The number of hydrogen-bond acceptors (Lipinski definition) is 2. The summed E-state index contributed by atoms with van der Waals surface area (Å²) in [6, 6.07) is 6.19. The Labute approximate surface area is 93.0 Å². The van der Waals surface area contributed by atoms with Gasteiger partial charge >= 0.3 is 0 Å². The molecule has 1 aromatic carbocycles. The molecule has 0 radical (unpaired) electrons. The molecule has 1 fully saturated rings. The maximum absolute atomic E-state index is 6.04. The fourth-order valence-electron chi connectivity index (χ4n) is 2.03. The van der Waals surface area contributed by atoms with Crippen LogP contribution in [0.5, 0.6) is 0 Å². The first-order chi connectivity index (χ1) is 6.79. The number of nitrogens with one attached hydrogen (secondary N) is 1. The summed E-state index contributed by atoms with van der Waals surface area (Å²) in [7, 11) is 0. The molecule has 3 heteroatoms. The second-order valence-electron chi connectivity index (χ2n) is 3.79. The zero-order chi connectivity index (χ0) is 9.97. The van der Waals surface area contributed by atoms with Gasteiger partial charge in [-0.2, -0.15) is 0 Å². The van der Waals surface area contributed by atoms with Crippen molar-refractivity contribution < 1.29 is 0 Å². The topological polar surface area (TPSA) is 38.0 Å². The van der Waals surface area contributed by atoms with Crippen LogP contribution in [-0.2, 0) is 0 Å². The summed E-state index contributed by atoms with van der Waals surface area (Å²) < 4.78 is 1.01. The monoisotopic (exact) mass is 254 g/mol. The molecule has 1 saturated heterocycles. The predicted molar refractivity (Wildman–Crippen MR) is 63.4 cm³/mol. The van der Waals surface area contributed by atoms with Crippen LogP contribution in [0.1, 0.15) is 24.3 Å². The number of hydrogen-bond donors (Lipinski definition) is 2. The molecule has 0 spiro atoms. The van der Waals surface area contributed by atoms with E-state index in [-0.39, 0.29) is 0 Å². The van der Waals surface area contributed by atoms with Crippen LogP contribution in [0.15, 0.2) is 22.7 Å². The van der Waals surface area contributed by atoms with Gasteiger partial charge in [-0.25, -0.2) is 0 Å². The van der Waals surface area contributed by atoms with E-state index in [1.54, 1.807) is 0 Å². The van der Waals surface area contributed by atoms with Gasteiger partial charge in [0.15, 0.2) is 0 Å². The molecule has 1 aromatic rings. The van der Waals surface area contributed by atoms with Crippen molar-refractivity contribution in [3.05, 3.63) is 28.2 Å². The third-order valence-electron chi connectivity index (χ3n) is 2.82. The highest BCUT2D eigenvalue weighted by Crippen LogP contribution is 2.32. The lowest BCUT2D eigenvalue weighted by molar-refractivity contribution is 0.462. The van der Waals surface area contributed by atoms with E-state index >= 15 is 0 Å². The van der Waals surface area contributed by atoms with E-state index in [4.69, 9.17) is 5.73 Å². The van der Waals surface area contributed by atoms with Crippen LogP contribution in [0.3, 0.4) is 0 Å². The molecule has 0 amide bonds. The number of benzene rings is 1. The number of rotatable bonds is 1. The Balaban J connectivity index is 2.26. The van der Waals surface area contributed by atoms with Gasteiger partial charge in [-0.1, -0.05) is 12.1 Å². The van der Waals surface area contributed by atoms with Gasteiger partial charge in [0.25, 0.3) is 0 Å². The zero-order valence-electron chi connectivity index (χ0n) is 8.09. The molecule has 14 heavy (non-hydrogen) atoms. The molecule has 1 atom stereocenters. The minimum atomic E-state index is 0.584. The molecule has 2 nitrogen and oxygen atoms in total. The van der Waals surface area contributed by atoms with E-state index in [0.29, 0.717) is 5.92 Å². The lowest BCUT2D eigenvalue weighted by Gasteiger charge is -2.24. The molecular weight excluding hydrogens is 240 g/mol. The Kier molecular flexibility index (Phi) is 3.08. The Morgan fingerprint density at radius 2 is 2.29 bits per heavy atom. The Bertz CT molecular complexity index is 319. The number of nitrogen functional groups attached to an aromatic ring is 1. The van der Waals surface area contributed by atoms with Crippen LogP contribution >= 0.6 is 15.9 Å². The van der Waals surface area contributed by atoms with Crippen molar-refractivity contribution in [2.45, 2.75) is 18.8 Å². The van der Waals surface area contributed by atoms with Crippen LogP contribution in [-0.4, -0.2) is 13.1 Å². The number of para-hydroxylation sites is 1. The maximum atomic E-state index is 6.04. The van der Waals surface area contributed by atoms with Crippen molar-refractivity contribution in [2.75, 3.05) is 18.8 Å². The fraction of sp³-hybridized carbons (Fsp3) is 0.455. The smallest absolute Gasteiger partial charge is 0.0494 e. The van der Waals surface area contributed by atoms with Crippen molar-refractivity contribution >= 4 is 21.6 Å². The van der Waals surface area contributed by atoms with Crippen LogP contribution in [0, 0.1) is 0 Å². The van der Waals surface area contributed by atoms with Crippen molar-refractivity contribution in [2.24, 2.45) is 0 Å². The van der Waals surface area contributed by atoms with Gasteiger partial charge < -0.3 is 11.1 Å². The zero-order valence-corrected chi connectivity index (χ0v) is 9.68. The highest BCUT2D eigenvalue weighted by Gasteiger charge is 2.17. The average Bonchev–Trinajstić information content (AvgIpc) is 2.23. The summed E-state index contributed by atoms with van der Waals surface area (Å²) in [5, 5.41) is 3.41. The molecule has 76 valence electrons. The third-order valence-corrected chi connectivity index (χ3v) is 3.51. The Morgan fingerprint density at radius 3 is 3.00 bits per heavy atom. The number of anilines is 1. The second kappa shape index (κ2) is 4.32. The first-order valence-corrected chi connectivity index (χ1v) is 5.83. The van der Waals surface area contributed by atoms with Crippen LogP contribution < -0.4 is 11.1 Å². The van der Waals surface area contributed by atoms with Crippen LogP contribution in [0.25, 0.3) is 0 Å². The molecule has 0 aromatic heterocycles. The lowest BCUT2D eigenvalue weighted by Crippen LogP contribution is -2.28. The second-order valence-corrected chi connectivity index (χ2v) is 4.64. The van der Waals surface area contributed by atoms with E-state index in [9.17, 15) is 0 Å². The molecule has 1 aliphatic rings. The molecule has 1 aliphatic heterocycles. The number of halogens is 1. The molecule has 0 bridgehead atoms. The number of nitrogens with two attached hydrogens (primary N) is 1. The minimum Gasteiger partial charge on any atom is -0.398 e. The van der Waals surface area contributed by atoms with E-state index in [2.05, 4.69) is 33.4 Å². The van der Waals surface area contributed by atoms with Gasteiger partial charge in [-0.15, -0.1) is 0 Å². The molecule has 1 unspecified atom stereocenters. The van der Waals surface area contributed by atoms with E-state index in [0.717, 1.165) is 23.2 Å². The van der Waals surface area contributed by atoms with Gasteiger partial charge in [-0.05, 0) is 52.9 Å². The standard InChI is InChI=1S/C11H15BrN2/c12-10-5-1-4-9(11(10)13)8-3-2-6-14-7-8/h1,4-5,8,14H,2-3,6-7,13H2. The van der Waals surface area contributed by atoms with Gasteiger partial charge in [0.1, 0.15) is 0 Å². The summed E-state index contributed by atoms with van der Waals surface area (Å²) >= 11 is 3.47. The van der Waals surface area contributed by atoms with E-state index in [1.165, 1.54) is 18.4 Å². The molecule has 2 rings (SSSR count). The third kappa shape index (κ3) is 1.93.